The molecule has 19 heteroatoms. The predicted octanol–water partition coefficient (Wildman–Crippen LogP) is -4.12. The first-order valence-electron chi connectivity index (χ1n) is 17.2. The molecule has 0 aromatic heterocycles. The van der Waals surface area contributed by atoms with Crippen LogP contribution < -0.4 is 37.0 Å². The molecule has 0 spiro atoms. The van der Waals surface area contributed by atoms with Crippen molar-refractivity contribution in [3.63, 3.8) is 0 Å². The Morgan fingerprint density at radius 1 is 0.531 bits per heavy atom. The lowest BCUT2D eigenvalue weighted by atomic mass is 9.91. The Morgan fingerprint density at radius 2 is 1.00 bits per heavy atom. The number of rotatable bonds is 27. The number of nitrogens with zero attached hydrogens (tertiary/aromatic N) is 1. The van der Waals surface area contributed by atoms with E-state index >= 15 is 0 Å². The lowest BCUT2D eigenvalue weighted by molar-refractivity contribution is -0.130. The van der Waals surface area contributed by atoms with Crippen molar-refractivity contribution in [2.45, 2.75) is 91.0 Å². The fourth-order valence-corrected chi connectivity index (χ4v) is 4.55. The van der Waals surface area contributed by atoms with Crippen molar-refractivity contribution < 1.29 is 38.4 Å². The van der Waals surface area contributed by atoms with Crippen molar-refractivity contribution in [2.24, 2.45) is 11.8 Å². The summed E-state index contributed by atoms with van der Waals surface area (Å²) >= 11 is 0. The summed E-state index contributed by atoms with van der Waals surface area (Å²) in [6.07, 6.45) is 4.27. The van der Waals surface area contributed by atoms with Crippen LogP contribution in [0.2, 0.25) is 0 Å². The van der Waals surface area contributed by atoms with Gasteiger partial charge in [0, 0.05) is 44.8 Å². The number of carbonyl (C=O) groups is 8. The van der Waals surface area contributed by atoms with Gasteiger partial charge in [0.15, 0.2) is 0 Å². The molecule has 0 aliphatic heterocycles. The second-order valence-electron chi connectivity index (χ2n) is 12.4. The minimum Gasteiger partial charge on any atom is -0.406 e. The van der Waals surface area contributed by atoms with Crippen LogP contribution in [-0.4, -0.2) is 121 Å². The van der Waals surface area contributed by atoms with Crippen LogP contribution in [0.1, 0.15) is 85.0 Å². The fraction of sp³-hybridized carbons (Fsp3) is 0.733. The minimum atomic E-state index is -1.03. The molecule has 0 fully saturated rings. The van der Waals surface area contributed by atoms with Gasteiger partial charge >= 0.3 is 0 Å². The maximum Gasteiger partial charge on any atom is 0.234 e. The Labute approximate surface area is 293 Å². The van der Waals surface area contributed by atoms with E-state index in [4.69, 9.17) is 0 Å². The summed E-state index contributed by atoms with van der Waals surface area (Å²) < 4.78 is 0. The lowest BCUT2D eigenvalue weighted by Crippen LogP contribution is -2.48. The van der Waals surface area contributed by atoms with Crippen LogP contribution in [0, 0.1) is 11.8 Å². The highest BCUT2D eigenvalue weighted by atomic mass is 16.2. The molecule has 0 aliphatic rings. The SMILES string of the molecule is BNC(=O)CCCCNC(=O)CN(CC(=O)NCCCCCC(=O)C(C)C(C)C)CC(=O)NCCCC(=O)N[C@@H](CC(=O)NB)C(=O)NB. The van der Waals surface area contributed by atoms with E-state index in [1.165, 1.54) is 20.9 Å². The van der Waals surface area contributed by atoms with Gasteiger partial charge in [0.2, 0.25) is 65.3 Å². The van der Waals surface area contributed by atoms with E-state index in [0.29, 0.717) is 51.1 Å². The quantitative estimate of drug-likeness (QED) is 0.0328. The number of hydrogen-bond acceptors (Lipinski definition) is 9. The Kier molecular flexibility index (Phi) is 24.9. The molecule has 0 saturated carbocycles. The van der Waals surface area contributed by atoms with Gasteiger partial charge in [-0.3, -0.25) is 43.3 Å². The van der Waals surface area contributed by atoms with E-state index in [1.807, 2.05) is 20.8 Å². The Hall–Kier alpha value is -3.89. The van der Waals surface area contributed by atoms with Gasteiger partial charge in [-0.15, -0.1) is 0 Å². The van der Waals surface area contributed by atoms with Gasteiger partial charge in [0.1, 0.15) is 11.8 Å². The first kappa shape index (κ1) is 45.1. The highest BCUT2D eigenvalue weighted by molar-refractivity contribution is 6.17. The van der Waals surface area contributed by atoms with Crippen molar-refractivity contribution in [1.82, 2.24) is 41.9 Å². The number of ketones is 1. The standard InChI is InChI=1S/C30H57B3N8O8/c1-20(2)21(3)23(42)10-5-4-7-13-34-27(46)17-41(18-28(47)35-14-8-6-11-25(44)38-31)19-29(48)36-15-9-12-24(43)37-22(30(49)40-33)16-26(45)39-32/h20-22H,4-19,31-33H2,1-3H3,(H,34,46)(H,35,47)(H,36,48)(H,37,43)(H,38,44)(H,39,45)(H,40,49)/t21?,22-/m0/s1. The zero-order valence-electron chi connectivity index (χ0n) is 30.3. The average molecular weight is 690 g/mol. The maximum atomic E-state index is 12.7. The van der Waals surface area contributed by atoms with Crippen molar-refractivity contribution in [2.75, 3.05) is 39.3 Å². The average Bonchev–Trinajstić information content (AvgIpc) is 3.06. The molecular formula is C30H57B3N8O8. The van der Waals surface area contributed by atoms with Crippen LogP contribution in [0.4, 0.5) is 0 Å². The molecule has 0 rings (SSSR count). The third-order valence-corrected chi connectivity index (χ3v) is 7.93. The summed E-state index contributed by atoms with van der Waals surface area (Å²) in [5.41, 5.74) is 0. The minimum absolute atomic E-state index is 0.0130. The monoisotopic (exact) mass is 690 g/mol. The molecule has 7 amide bonds. The maximum absolute atomic E-state index is 12.7. The molecule has 0 aliphatic carbocycles. The summed E-state index contributed by atoms with van der Waals surface area (Å²) in [6.45, 7) is 6.21. The van der Waals surface area contributed by atoms with E-state index in [-0.39, 0.29) is 74.9 Å². The molecule has 0 heterocycles. The Balaban J connectivity index is 4.87. The molecule has 2 atom stereocenters. The first-order chi connectivity index (χ1) is 23.2. The first-order valence-corrected chi connectivity index (χ1v) is 17.2. The van der Waals surface area contributed by atoms with Gasteiger partial charge < -0.3 is 37.0 Å². The molecule has 0 radical (unpaired) electrons. The summed E-state index contributed by atoms with van der Waals surface area (Å²) in [6, 6.07) is -1.03. The van der Waals surface area contributed by atoms with Gasteiger partial charge in [-0.05, 0) is 38.0 Å². The lowest BCUT2D eigenvalue weighted by Gasteiger charge is -2.21. The molecule has 0 saturated heterocycles. The number of hydrogen-bond donors (Lipinski definition) is 7. The molecule has 0 aromatic rings. The summed E-state index contributed by atoms with van der Waals surface area (Å²) in [5.74, 6) is -2.07. The predicted molar refractivity (Wildman–Crippen MR) is 193 cm³/mol. The van der Waals surface area contributed by atoms with E-state index in [9.17, 15) is 38.4 Å². The van der Waals surface area contributed by atoms with Crippen LogP contribution in [0.5, 0.6) is 0 Å². The topological polar surface area (TPSA) is 224 Å². The Bertz CT molecular complexity index is 1100. The van der Waals surface area contributed by atoms with Crippen molar-refractivity contribution in [1.29, 1.82) is 0 Å². The van der Waals surface area contributed by atoms with E-state index in [2.05, 4.69) is 37.0 Å². The third kappa shape index (κ3) is 23.2. The fourth-order valence-electron chi connectivity index (χ4n) is 4.55. The Morgan fingerprint density at radius 3 is 1.49 bits per heavy atom. The van der Waals surface area contributed by atoms with Crippen LogP contribution in [0.15, 0.2) is 0 Å². The number of carbonyl (C=O) groups excluding carboxylic acids is 8. The molecule has 0 aromatic carbocycles. The summed E-state index contributed by atoms with van der Waals surface area (Å²) in [7, 11) is 4.38. The molecule has 274 valence electrons. The zero-order valence-corrected chi connectivity index (χ0v) is 30.3. The van der Waals surface area contributed by atoms with Crippen LogP contribution in [-0.2, 0) is 38.4 Å². The molecule has 0 bridgehead atoms. The zero-order chi connectivity index (χ0) is 37.2. The highest BCUT2D eigenvalue weighted by Gasteiger charge is 2.22. The number of nitrogens with one attached hydrogen (secondary N) is 7. The van der Waals surface area contributed by atoms with Crippen molar-refractivity contribution >= 4 is 71.1 Å². The second-order valence-corrected chi connectivity index (χ2v) is 12.4. The van der Waals surface area contributed by atoms with Crippen LogP contribution in [0.25, 0.3) is 0 Å². The van der Waals surface area contributed by atoms with Crippen molar-refractivity contribution in [3.05, 3.63) is 0 Å². The molecular weight excluding hydrogens is 633 g/mol. The van der Waals surface area contributed by atoms with Gasteiger partial charge in [-0.1, -0.05) is 27.2 Å². The van der Waals surface area contributed by atoms with Gasteiger partial charge in [-0.2, -0.15) is 0 Å². The number of Topliss-reactive ketones (excluding diaryl/α,β-unsaturated/α-hetero) is 1. The van der Waals surface area contributed by atoms with Crippen molar-refractivity contribution in [3.8, 4) is 0 Å². The van der Waals surface area contributed by atoms with Crippen LogP contribution in [0.3, 0.4) is 0 Å². The van der Waals surface area contributed by atoms with Gasteiger partial charge in [0.25, 0.3) is 0 Å². The van der Waals surface area contributed by atoms with Crippen LogP contribution >= 0.6 is 0 Å². The van der Waals surface area contributed by atoms with E-state index in [1.54, 1.807) is 7.98 Å². The second kappa shape index (κ2) is 27.0. The van der Waals surface area contributed by atoms with Gasteiger partial charge in [-0.25, -0.2) is 0 Å². The summed E-state index contributed by atoms with van der Waals surface area (Å²) in [5, 5.41) is 18.1. The van der Waals surface area contributed by atoms with Gasteiger partial charge in [0.05, 0.1) is 26.1 Å². The largest absolute Gasteiger partial charge is 0.406 e. The highest BCUT2D eigenvalue weighted by Crippen LogP contribution is 2.14. The molecule has 7 N–H and O–H groups in total. The molecule has 49 heavy (non-hydrogen) atoms. The number of amides is 7. The van der Waals surface area contributed by atoms with E-state index in [0.717, 1.165) is 12.8 Å². The summed E-state index contributed by atoms with van der Waals surface area (Å²) in [4.78, 5) is 99.0. The molecule has 1 unspecified atom stereocenters. The third-order valence-electron chi connectivity index (χ3n) is 7.93. The molecule has 16 nitrogen and oxygen atoms in total. The number of unbranched alkanes of at least 4 members (excludes halogenated alkanes) is 3. The smallest absolute Gasteiger partial charge is 0.234 e. The van der Waals surface area contributed by atoms with E-state index < -0.39 is 29.7 Å². The normalized spacial score (nSPS) is 11.9.